The molecule has 2 aliphatic carbocycles. The summed E-state index contributed by atoms with van der Waals surface area (Å²) in [4.78, 5) is 12.2. The summed E-state index contributed by atoms with van der Waals surface area (Å²) >= 11 is 0. The predicted molar refractivity (Wildman–Crippen MR) is 94.7 cm³/mol. The van der Waals surface area contributed by atoms with Crippen molar-refractivity contribution in [1.82, 2.24) is 4.72 Å². The van der Waals surface area contributed by atoms with Crippen molar-refractivity contribution < 1.29 is 13.2 Å². The van der Waals surface area contributed by atoms with E-state index < -0.39 is 16.1 Å². The van der Waals surface area contributed by atoms with Crippen LogP contribution in [0.15, 0.2) is 6.07 Å². The molecule has 6 nitrogen and oxygen atoms in total. The zero-order valence-electron chi connectivity index (χ0n) is 13.9. The summed E-state index contributed by atoms with van der Waals surface area (Å²) in [7, 11) is -3.62. The van der Waals surface area contributed by atoms with Gasteiger partial charge in [-0.15, -0.1) is 0 Å². The van der Waals surface area contributed by atoms with E-state index in [2.05, 4.69) is 16.1 Å². The predicted octanol–water partition coefficient (Wildman–Crippen LogP) is 1.85. The second kappa shape index (κ2) is 7.11. The van der Waals surface area contributed by atoms with Crippen LogP contribution in [0.5, 0.6) is 0 Å². The number of sulfonamides is 1. The number of hydrogen-bond acceptors (Lipinski definition) is 4. The van der Waals surface area contributed by atoms with Gasteiger partial charge in [-0.1, -0.05) is 6.07 Å². The smallest absolute Gasteiger partial charge is 0.330 e. The van der Waals surface area contributed by atoms with Crippen molar-refractivity contribution in [2.24, 2.45) is 5.73 Å². The highest BCUT2D eigenvalue weighted by Crippen LogP contribution is 2.38. The zero-order valence-corrected chi connectivity index (χ0v) is 14.7. The zero-order chi connectivity index (χ0) is 17.2. The minimum atomic E-state index is -3.62. The first-order chi connectivity index (χ1) is 11.5. The molecular formula is C17H25N3O3S. The number of anilines is 1. The Labute approximate surface area is 143 Å². The van der Waals surface area contributed by atoms with Crippen LogP contribution in [0.1, 0.15) is 47.9 Å². The third kappa shape index (κ3) is 3.72. The van der Waals surface area contributed by atoms with Crippen molar-refractivity contribution in [3.05, 3.63) is 28.3 Å². The van der Waals surface area contributed by atoms with Crippen LogP contribution in [0.25, 0.3) is 0 Å². The van der Waals surface area contributed by atoms with E-state index in [1.807, 2.05) is 0 Å². The van der Waals surface area contributed by atoms with Gasteiger partial charge in [0.15, 0.2) is 0 Å². The molecule has 0 aliphatic heterocycles. The fraction of sp³-hybridized carbons (Fsp3) is 0.588. The Morgan fingerprint density at radius 3 is 2.25 bits per heavy atom. The molecule has 0 fully saturated rings. The average Bonchev–Trinajstić information content (AvgIpc) is 3.15. The van der Waals surface area contributed by atoms with Gasteiger partial charge in [0.05, 0.1) is 5.75 Å². The van der Waals surface area contributed by atoms with Gasteiger partial charge in [0.25, 0.3) is 0 Å². The Morgan fingerprint density at radius 2 is 1.67 bits per heavy atom. The summed E-state index contributed by atoms with van der Waals surface area (Å²) in [6, 6.07) is 1.62. The van der Waals surface area contributed by atoms with Gasteiger partial charge in [0, 0.05) is 5.69 Å². The number of nitrogens with one attached hydrogen (secondary N) is 2. The number of benzene rings is 1. The Balaban J connectivity index is 1.74. The second-order valence-corrected chi connectivity index (χ2v) is 8.45. The van der Waals surface area contributed by atoms with E-state index in [0.29, 0.717) is 19.4 Å². The number of carbonyl (C=O) groups excluding carboxylic acids is 1. The number of unbranched alkanes of at least 4 members (excludes halogenated alkanes) is 1. The van der Waals surface area contributed by atoms with Crippen molar-refractivity contribution in [3.8, 4) is 0 Å². The van der Waals surface area contributed by atoms with Gasteiger partial charge in [-0.3, -0.25) is 0 Å². The Bertz CT molecular complexity index is 712. The Hall–Kier alpha value is -1.60. The number of urea groups is 1. The van der Waals surface area contributed by atoms with Crippen LogP contribution in [0.4, 0.5) is 10.5 Å². The van der Waals surface area contributed by atoms with Crippen LogP contribution in [0.3, 0.4) is 0 Å². The van der Waals surface area contributed by atoms with Crippen LogP contribution >= 0.6 is 0 Å². The molecule has 24 heavy (non-hydrogen) atoms. The third-order valence-electron chi connectivity index (χ3n) is 4.83. The van der Waals surface area contributed by atoms with Gasteiger partial charge < -0.3 is 11.1 Å². The molecule has 0 aromatic heterocycles. The van der Waals surface area contributed by atoms with Crippen LogP contribution in [0, 0.1) is 0 Å². The summed E-state index contributed by atoms with van der Waals surface area (Å²) < 4.78 is 26.0. The largest absolute Gasteiger partial charge is 0.332 e. The number of amides is 2. The van der Waals surface area contributed by atoms with Gasteiger partial charge in [0.1, 0.15) is 0 Å². The van der Waals surface area contributed by atoms with Crippen LogP contribution in [-0.2, 0) is 35.7 Å². The molecule has 0 unspecified atom stereocenters. The number of fused-ring (bicyclic) bond motifs is 2. The number of rotatable bonds is 6. The van der Waals surface area contributed by atoms with E-state index in [1.54, 1.807) is 0 Å². The lowest BCUT2D eigenvalue weighted by atomic mass is 9.99. The molecule has 2 aliphatic rings. The lowest BCUT2D eigenvalue weighted by Gasteiger charge is -2.16. The molecule has 0 radical (unpaired) electrons. The van der Waals surface area contributed by atoms with E-state index in [1.165, 1.54) is 22.3 Å². The monoisotopic (exact) mass is 351 g/mol. The van der Waals surface area contributed by atoms with Gasteiger partial charge in [-0.2, -0.15) is 0 Å². The minimum Gasteiger partial charge on any atom is -0.330 e. The van der Waals surface area contributed by atoms with Gasteiger partial charge in [-0.25, -0.2) is 17.9 Å². The van der Waals surface area contributed by atoms with Crippen molar-refractivity contribution >= 4 is 21.7 Å². The maximum Gasteiger partial charge on any atom is 0.332 e. The summed E-state index contributed by atoms with van der Waals surface area (Å²) in [5.41, 5.74) is 11.2. The van der Waals surface area contributed by atoms with Crippen molar-refractivity contribution in [2.75, 3.05) is 17.6 Å². The summed E-state index contributed by atoms with van der Waals surface area (Å²) in [6.45, 7) is 0.448. The normalized spacial score (nSPS) is 15.9. The lowest BCUT2D eigenvalue weighted by Crippen LogP contribution is -2.36. The molecule has 132 valence electrons. The number of hydrogen-bond donors (Lipinski definition) is 3. The molecule has 1 aromatic carbocycles. The van der Waals surface area contributed by atoms with E-state index in [-0.39, 0.29) is 5.75 Å². The summed E-state index contributed by atoms with van der Waals surface area (Å²) in [6.07, 6.45) is 7.23. The fourth-order valence-electron chi connectivity index (χ4n) is 3.73. The first kappa shape index (κ1) is 17.2. The van der Waals surface area contributed by atoms with Gasteiger partial charge in [0.2, 0.25) is 10.0 Å². The molecule has 3 rings (SSSR count). The minimum absolute atomic E-state index is 0.0807. The maximum atomic E-state index is 12.2. The molecule has 2 amide bonds. The highest BCUT2D eigenvalue weighted by Gasteiger charge is 2.25. The van der Waals surface area contributed by atoms with Crippen molar-refractivity contribution in [3.63, 3.8) is 0 Å². The van der Waals surface area contributed by atoms with Gasteiger partial charge in [-0.05, 0) is 80.2 Å². The Kier molecular flexibility index (Phi) is 5.10. The number of nitrogens with two attached hydrogens (primary N) is 1. The van der Waals surface area contributed by atoms with Crippen LogP contribution < -0.4 is 15.8 Å². The van der Waals surface area contributed by atoms with E-state index in [4.69, 9.17) is 5.73 Å². The first-order valence-corrected chi connectivity index (χ1v) is 10.3. The lowest BCUT2D eigenvalue weighted by molar-refractivity contribution is 0.256. The fourth-order valence-corrected chi connectivity index (χ4v) is 4.75. The van der Waals surface area contributed by atoms with Crippen molar-refractivity contribution in [1.29, 1.82) is 0 Å². The number of aryl methyl sites for hydroxylation is 2. The second-order valence-electron chi connectivity index (χ2n) is 6.60. The maximum absolute atomic E-state index is 12.2. The van der Waals surface area contributed by atoms with E-state index >= 15 is 0 Å². The molecular weight excluding hydrogens is 326 g/mol. The Morgan fingerprint density at radius 1 is 1.04 bits per heavy atom. The van der Waals surface area contributed by atoms with Crippen molar-refractivity contribution in [2.45, 2.75) is 51.4 Å². The molecule has 0 saturated carbocycles. The van der Waals surface area contributed by atoms with E-state index in [0.717, 1.165) is 44.2 Å². The van der Waals surface area contributed by atoms with E-state index in [9.17, 15) is 13.2 Å². The van der Waals surface area contributed by atoms with Crippen LogP contribution in [0.2, 0.25) is 0 Å². The number of carbonyl (C=O) groups is 1. The standard InChI is InChI=1S/C17H25N3O3S/c18-9-1-2-10-24(22,23)20-17(21)19-16-14-7-3-5-12(14)11-13-6-4-8-15(13)16/h11H,1-10,18H2,(H2,19,20,21). The highest BCUT2D eigenvalue weighted by atomic mass is 32.2. The molecule has 0 saturated heterocycles. The topological polar surface area (TPSA) is 101 Å². The highest BCUT2D eigenvalue weighted by molar-refractivity contribution is 7.90. The van der Waals surface area contributed by atoms with Crippen LogP contribution in [-0.4, -0.2) is 26.7 Å². The molecule has 0 heterocycles. The summed E-state index contributed by atoms with van der Waals surface area (Å²) in [5, 5.41) is 2.84. The molecule has 0 bridgehead atoms. The first-order valence-electron chi connectivity index (χ1n) is 8.68. The molecule has 0 spiro atoms. The summed E-state index contributed by atoms with van der Waals surface area (Å²) in [5.74, 6) is -0.0807. The molecule has 7 heteroatoms. The molecule has 1 aromatic rings. The molecule has 4 N–H and O–H groups in total. The average molecular weight is 351 g/mol. The SMILES string of the molecule is NCCCCS(=O)(=O)NC(=O)Nc1c2c(cc3c1CCC3)CCC2. The van der Waals surface area contributed by atoms with Gasteiger partial charge >= 0.3 is 6.03 Å². The third-order valence-corrected chi connectivity index (χ3v) is 6.15. The quantitative estimate of drug-likeness (QED) is 0.681. The molecule has 0 atom stereocenters.